The second kappa shape index (κ2) is 9.00. The van der Waals surface area contributed by atoms with Gasteiger partial charge in [0.1, 0.15) is 12.7 Å². The predicted molar refractivity (Wildman–Crippen MR) is 109 cm³/mol. The first-order chi connectivity index (χ1) is 13.7. The van der Waals surface area contributed by atoms with Crippen LogP contribution < -0.4 is 0 Å². The quantitative estimate of drug-likeness (QED) is 0.411. The first-order valence-electron chi connectivity index (χ1n) is 8.56. The van der Waals surface area contributed by atoms with Gasteiger partial charge in [-0.1, -0.05) is 39.1 Å². The van der Waals surface area contributed by atoms with E-state index < -0.39 is 34.8 Å². The largest absolute Gasteiger partial charge is 0.459 e. The van der Waals surface area contributed by atoms with Crippen LogP contribution >= 0.6 is 39.1 Å². The van der Waals surface area contributed by atoms with Gasteiger partial charge in [0, 0.05) is 10.0 Å². The molecule has 0 aromatic heterocycles. The van der Waals surface area contributed by atoms with E-state index in [4.69, 9.17) is 37.4 Å². The first-order valence-corrected chi connectivity index (χ1v) is 10.2. The van der Waals surface area contributed by atoms with Crippen LogP contribution in [0.4, 0.5) is 4.39 Å². The summed E-state index contributed by atoms with van der Waals surface area (Å²) >= 11 is 14.7. The minimum Gasteiger partial charge on any atom is -0.459 e. The average molecular weight is 506 g/mol. The zero-order valence-corrected chi connectivity index (χ0v) is 18.2. The molecule has 3 rings (SSSR count). The molecule has 154 valence electrons. The topological polar surface area (TPSA) is 61.8 Å². The highest BCUT2D eigenvalue weighted by Crippen LogP contribution is 2.40. The summed E-state index contributed by atoms with van der Waals surface area (Å²) in [6.45, 7) is 0.939. The van der Waals surface area contributed by atoms with Gasteiger partial charge in [0.05, 0.1) is 11.1 Å². The monoisotopic (exact) mass is 504 g/mol. The van der Waals surface area contributed by atoms with E-state index in [1.165, 1.54) is 43.3 Å². The smallest absolute Gasteiger partial charge is 0.338 e. The summed E-state index contributed by atoms with van der Waals surface area (Å²) in [6, 6.07) is 12.1. The lowest BCUT2D eigenvalue weighted by molar-refractivity contribution is -0.0422. The van der Waals surface area contributed by atoms with Gasteiger partial charge in [0.25, 0.3) is 0 Å². The van der Waals surface area contributed by atoms with Crippen molar-refractivity contribution in [1.29, 1.82) is 0 Å². The molecule has 1 fully saturated rings. The lowest BCUT2D eigenvalue weighted by Crippen LogP contribution is -2.44. The summed E-state index contributed by atoms with van der Waals surface area (Å²) in [5.41, 5.74) is -1.56. The Hall–Kier alpha value is -1.67. The molecule has 0 aliphatic carbocycles. The van der Waals surface area contributed by atoms with Crippen LogP contribution in [0.25, 0.3) is 0 Å². The Kier molecular flexibility index (Phi) is 6.83. The molecule has 3 unspecified atom stereocenters. The van der Waals surface area contributed by atoms with Crippen LogP contribution in [-0.4, -0.2) is 41.4 Å². The molecule has 29 heavy (non-hydrogen) atoms. The molecule has 4 atom stereocenters. The standard InChI is InChI=1S/C20H16BrCl2FO5/c1-20(24)16(29-18(26)12-4-8-14(23)9-5-12)15(28-19(20)21)10-27-17(25)11-2-6-13(22)7-3-11/h2-9,15-16,19H,10H2,1H3/t15?,16?,19?,20-/m1/s1. The minimum absolute atomic E-state index is 0.208. The molecule has 0 spiro atoms. The summed E-state index contributed by atoms with van der Waals surface area (Å²) in [7, 11) is 0. The Morgan fingerprint density at radius 2 is 1.52 bits per heavy atom. The number of benzene rings is 2. The van der Waals surface area contributed by atoms with Crippen molar-refractivity contribution in [2.45, 2.75) is 29.8 Å². The number of alkyl halides is 2. The fraction of sp³-hybridized carbons (Fsp3) is 0.300. The predicted octanol–water partition coefficient (Wildman–Crippen LogP) is 5.22. The summed E-state index contributed by atoms with van der Waals surface area (Å²) in [5.74, 6) is -1.37. The van der Waals surface area contributed by atoms with E-state index in [1.54, 1.807) is 12.1 Å². The van der Waals surface area contributed by atoms with E-state index in [9.17, 15) is 9.59 Å². The first kappa shape index (κ1) is 22.0. The molecule has 0 radical (unpaired) electrons. The molecular formula is C20H16BrCl2FO5. The van der Waals surface area contributed by atoms with Gasteiger partial charge in [-0.25, -0.2) is 14.0 Å². The average Bonchev–Trinajstić information content (AvgIpc) is 2.90. The highest BCUT2D eigenvalue weighted by atomic mass is 79.9. The molecule has 5 nitrogen and oxygen atoms in total. The lowest BCUT2D eigenvalue weighted by atomic mass is 10.0. The molecule has 0 amide bonds. The van der Waals surface area contributed by atoms with Gasteiger partial charge in [0.2, 0.25) is 0 Å². The maximum Gasteiger partial charge on any atom is 0.338 e. The van der Waals surface area contributed by atoms with Crippen LogP contribution in [0.2, 0.25) is 10.0 Å². The second-order valence-electron chi connectivity index (χ2n) is 6.58. The zero-order valence-electron chi connectivity index (χ0n) is 15.1. The van der Waals surface area contributed by atoms with Crippen LogP contribution in [0.1, 0.15) is 27.6 Å². The summed E-state index contributed by atoms with van der Waals surface area (Å²) in [5, 5.41) is -0.115. The van der Waals surface area contributed by atoms with E-state index in [2.05, 4.69) is 15.9 Å². The van der Waals surface area contributed by atoms with Crippen LogP contribution in [-0.2, 0) is 14.2 Å². The van der Waals surface area contributed by atoms with Crippen molar-refractivity contribution < 1.29 is 28.2 Å². The van der Waals surface area contributed by atoms with Gasteiger partial charge < -0.3 is 14.2 Å². The van der Waals surface area contributed by atoms with Gasteiger partial charge in [-0.05, 0) is 55.5 Å². The lowest BCUT2D eigenvalue weighted by Gasteiger charge is -2.25. The Morgan fingerprint density at radius 1 is 1.03 bits per heavy atom. The third-order valence-corrected chi connectivity index (χ3v) is 6.02. The number of hydrogen-bond donors (Lipinski definition) is 0. The Balaban J connectivity index is 1.69. The van der Waals surface area contributed by atoms with Gasteiger partial charge in [-0.3, -0.25) is 0 Å². The Labute approximate surface area is 185 Å². The maximum atomic E-state index is 15.1. The highest BCUT2D eigenvalue weighted by molar-refractivity contribution is 9.09. The second-order valence-corrected chi connectivity index (χ2v) is 8.28. The van der Waals surface area contributed by atoms with Crippen molar-refractivity contribution >= 4 is 51.1 Å². The van der Waals surface area contributed by atoms with Crippen LogP contribution in [0.5, 0.6) is 0 Å². The zero-order chi connectivity index (χ0) is 21.2. The third kappa shape index (κ3) is 5.09. The Bertz CT molecular complexity index is 889. The summed E-state index contributed by atoms with van der Waals surface area (Å²) < 4.78 is 31.2. The minimum atomic E-state index is -2.04. The molecule has 0 saturated carbocycles. The fourth-order valence-corrected chi connectivity index (χ4v) is 3.55. The highest BCUT2D eigenvalue weighted by Gasteiger charge is 2.56. The maximum absolute atomic E-state index is 15.1. The SMILES string of the molecule is C[C@]1(F)C(Br)OC(COC(=O)c2ccc(Cl)cc2)C1OC(=O)c1ccc(Cl)cc1. The number of esters is 2. The van der Waals surface area contributed by atoms with E-state index in [1.807, 2.05) is 0 Å². The molecule has 0 bridgehead atoms. The van der Waals surface area contributed by atoms with Crippen LogP contribution in [0.15, 0.2) is 48.5 Å². The van der Waals surface area contributed by atoms with Crippen molar-refractivity contribution in [2.75, 3.05) is 6.61 Å². The third-order valence-electron chi connectivity index (χ3n) is 4.40. The number of ether oxygens (including phenoxy) is 3. The van der Waals surface area contributed by atoms with Crippen molar-refractivity contribution in [3.05, 3.63) is 69.7 Å². The summed E-state index contributed by atoms with van der Waals surface area (Å²) in [6.07, 6.45) is -2.30. The molecule has 1 aliphatic heterocycles. The molecule has 9 heteroatoms. The van der Waals surface area contributed by atoms with Crippen molar-refractivity contribution in [3.63, 3.8) is 0 Å². The van der Waals surface area contributed by atoms with Gasteiger partial charge in [-0.2, -0.15) is 0 Å². The molecule has 0 N–H and O–H groups in total. The van der Waals surface area contributed by atoms with Gasteiger partial charge in [0.15, 0.2) is 16.8 Å². The van der Waals surface area contributed by atoms with Gasteiger partial charge >= 0.3 is 11.9 Å². The molecular weight excluding hydrogens is 490 g/mol. The van der Waals surface area contributed by atoms with Crippen molar-refractivity contribution in [1.82, 2.24) is 0 Å². The fourth-order valence-electron chi connectivity index (χ4n) is 2.76. The van der Waals surface area contributed by atoms with E-state index >= 15 is 4.39 Å². The number of carbonyl (C=O) groups is 2. The molecule has 1 heterocycles. The molecule has 1 aliphatic rings. The van der Waals surface area contributed by atoms with Crippen LogP contribution in [0.3, 0.4) is 0 Å². The van der Waals surface area contributed by atoms with Gasteiger partial charge in [-0.15, -0.1) is 0 Å². The number of rotatable bonds is 5. The molecule has 1 saturated heterocycles. The number of carbonyl (C=O) groups excluding carboxylic acids is 2. The van der Waals surface area contributed by atoms with E-state index in [0.717, 1.165) is 0 Å². The Morgan fingerprint density at radius 3 is 2.03 bits per heavy atom. The van der Waals surface area contributed by atoms with Crippen molar-refractivity contribution in [3.8, 4) is 0 Å². The number of halogens is 4. The molecule has 2 aromatic carbocycles. The van der Waals surface area contributed by atoms with E-state index in [-0.39, 0.29) is 17.7 Å². The van der Waals surface area contributed by atoms with E-state index in [0.29, 0.717) is 10.0 Å². The van der Waals surface area contributed by atoms with Crippen LogP contribution in [0, 0.1) is 0 Å². The number of hydrogen-bond acceptors (Lipinski definition) is 5. The normalized spacial score (nSPS) is 26.2. The van der Waals surface area contributed by atoms with Crippen molar-refractivity contribution in [2.24, 2.45) is 0 Å². The molecule has 2 aromatic rings. The summed E-state index contributed by atoms with van der Waals surface area (Å²) in [4.78, 5) is 24.6.